The zero-order chi connectivity index (χ0) is 24.5. The van der Waals surface area contributed by atoms with Gasteiger partial charge in [0.15, 0.2) is 5.65 Å². The normalized spacial score (nSPS) is 24.1. The van der Waals surface area contributed by atoms with Gasteiger partial charge in [-0.15, -0.1) is 0 Å². The Morgan fingerprint density at radius 1 is 1.20 bits per heavy atom. The molecule has 3 aromatic rings. The van der Waals surface area contributed by atoms with E-state index < -0.39 is 6.10 Å². The van der Waals surface area contributed by atoms with E-state index in [1.807, 2.05) is 12.3 Å². The maximum atomic E-state index is 13.3. The van der Waals surface area contributed by atoms with Crippen LogP contribution >= 0.6 is 0 Å². The molecule has 11 heteroatoms. The minimum Gasteiger partial charge on any atom is -0.391 e. The Labute approximate surface area is 202 Å². The van der Waals surface area contributed by atoms with E-state index in [2.05, 4.69) is 26.0 Å². The van der Waals surface area contributed by atoms with Crippen molar-refractivity contribution in [1.29, 1.82) is 0 Å². The summed E-state index contributed by atoms with van der Waals surface area (Å²) in [5.41, 5.74) is 0.930. The minimum absolute atomic E-state index is 0.119. The van der Waals surface area contributed by atoms with Crippen molar-refractivity contribution >= 4 is 28.9 Å². The number of fused-ring (bicyclic) bond motifs is 1. The third-order valence-electron chi connectivity index (χ3n) is 7.13. The molecule has 5 rings (SSSR count). The lowest BCUT2D eigenvalue weighted by Gasteiger charge is -2.32. The largest absolute Gasteiger partial charge is 0.391 e. The van der Waals surface area contributed by atoms with E-state index in [1.165, 1.54) is 10.7 Å². The van der Waals surface area contributed by atoms with Crippen LogP contribution in [-0.2, 0) is 4.74 Å². The number of ether oxygens (including phenoxy) is 1. The number of hydrogen-bond acceptors (Lipinski definition) is 8. The fraction of sp³-hybridized carbons (Fsp3) is 0.500. The molecule has 0 aromatic carbocycles. The van der Waals surface area contributed by atoms with Gasteiger partial charge in [-0.25, -0.2) is 4.98 Å². The van der Waals surface area contributed by atoms with E-state index in [1.54, 1.807) is 30.9 Å². The highest BCUT2D eigenvalue weighted by molar-refractivity contribution is 6.00. The maximum absolute atomic E-state index is 13.3. The topological polar surface area (TPSA) is 135 Å². The highest BCUT2D eigenvalue weighted by atomic mass is 16.5. The predicted molar refractivity (Wildman–Crippen MR) is 131 cm³/mol. The average molecular weight is 482 g/mol. The van der Waals surface area contributed by atoms with Crippen molar-refractivity contribution < 1.29 is 14.6 Å². The smallest absolute Gasteiger partial charge is 0.274 e. The molecule has 0 unspecified atom stereocenters. The van der Waals surface area contributed by atoms with Crippen LogP contribution in [0.3, 0.4) is 0 Å². The molecular formula is C24H31N7O4. The number of anilines is 3. The number of pyridine rings is 1. The molecule has 2 atom stereocenters. The first-order valence-corrected chi connectivity index (χ1v) is 12.0. The van der Waals surface area contributed by atoms with E-state index in [-0.39, 0.29) is 29.7 Å². The molecule has 0 bridgehead atoms. The lowest BCUT2D eigenvalue weighted by Crippen LogP contribution is -2.50. The number of rotatable bonds is 7. The van der Waals surface area contributed by atoms with Gasteiger partial charge in [0.25, 0.3) is 11.5 Å². The Balaban J connectivity index is 1.42. The van der Waals surface area contributed by atoms with Crippen molar-refractivity contribution in [3.63, 3.8) is 0 Å². The van der Waals surface area contributed by atoms with Crippen LogP contribution in [0.5, 0.6) is 0 Å². The molecule has 4 N–H and O–H groups in total. The van der Waals surface area contributed by atoms with Crippen molar-refractivity contribution in [3.05, 3.63) is 46.5 Å². The molecule has 35 heavy (non-hydrogen) atoms. The SMILES string of the molecule is CNc1cc(Nc2cccn([C@H]3CC[C@H](OC)CC3)c2=O)nc2c(C(=O)N[C@H]3CC[C@@H]3O)cnn12. The molecule has 3 heterocycles. The first kappa shape index (κ1) is 23.3. The second-order valence-corrected chi connectivity index (χ2v) is 9.22. The summed E-state index contributed by atoms with van der Waals surface area (Å²) in [6.45, 7) is 0. The summed E-state index contributed by atoms with van der Waals surface area (Å²) in [4.78, 5) is 30.7. The first-order chi connectivity index (χ1) is 17.0. The van der Waals surface area contributed by atoms with E-state index >= 15 is 0 Å². The Morgan fingerprint density at radius 2 is 2.00 bits per heavy atom. The lowest BCUT2D eigenvalue weighted by atomic mass is 9.89. The highest BCUT2D eigenvalue weighted by Gasteiger charge is 2.31. The van der Waals surface area contributed by atoms with Crippen molar-refractivity contribution in [2.24, 2.45) is 0 Å². The number of hydrogen-bond donors (Lipinski definition) is 4. The first-order valence-electron chi connectivity index (χ1n) is 12.0. The number of carbonyl (C=O) groups excluding carboxylic acids is 1. The second kappa shape index (κ2) is 9.67. The molecule has 2 fully saturated rings. The monoisotopic (exact) mass is 481 g/mol. The predicted octanol–water partition coefficient (Wildman–Crippen LogP) is 2.06. The summed E-state index contributed by atoms with van der Waals surface area (Å²) in [7, 11) is 3.48. The van der Waals surface area contributed by atoms with E-state index in [9.17, 15) is 14.7 Å². The number of aliphatic hydroxyl groups excluding tert-OH is 1. The van der Waals surface area contributed by atoms with Gasteiger partial charge in [-0.1, -0.05) is 0 Å². The molecule has 1 amide bonds. The summed E-state index contributed by atoms with van der Waals surface area (Å²) in [5, 5.41) is 23.2. The number of nitrogens with one attached hydrogen (secondary N) is 3. The third kappa shape index (κ3) is 4.48. The van der Waals surface area contributed by atoms with Gasteiger partial charge in [0.05, 0.1) is 24.4 Å². The fourth-order valence-corrected chi connectivity index (χ4v) is 4.85. The van der Waals surface area contributed by atoms with E-state index in [4.69, 9.17) is 4.74 Å². The standard InChI is InChI=1S/C24H31N7O4/c1-25-21-12-20(29-22-16(13-26-31(21)22)23(33)28-17-9-10-19(17)32)27-18-4-3-11-30(24(18)34)14-5-7-15(35-2)8-6-14/h3-4,11-15,17,19,25,32H,5-10H2,1-2H3,(H,27,29)(H,28,33)/t14-,15-,17-,19-/m0/s1. The molecule has 2 aliphatic carbocycles. The molecule has 2 aliphatic rings. The Hall–Kier alpha value is -3.44. The van der Waals surface area contributed by atoms with Gasteiger partial charge in [0, 0.05) is 32.5 Å². The number of nitrogens with zero attached hydrogens (tertiary/aromatic N) is 4. The molecule has 0 saturated heterocycles. The minimum atomic E-state index is -0.524. The van der Waals surface area contributed by atoms with Crippen molar-refractivity contribution in [3.8, 4) is 0 Å². The Kier molecular flexibility index (Phi) is 6.44. The third-order valence-corrected chi connectivity index (χ3v) is 7.13. The number of aliphatic hydroxyl groups is 1. The maximum Gasteiger partial charge on any atom is 0.274 e. The summed E-state index contributed by atoms with van der Waals surface area (Å²) >= 11 is 0. The van der Waals surface area contributed by atoms with Crippen molar-refractivity contribution in [2.45, 2.75) is 62.8 Å². The van der Waals surface area contributed by atoms with E-state index in [0.717, 1.165) is 32.1 Å². The number of methoxy groups -OCH3 is 1. The molecule has 0 radical (unpaired) electrons. The lowest BCUT2D eigenvalue weighted by molar-refractivity contribution is 0.0448. The van der Waals surface area contributed by atoms with Gasteiger partial charge in [-0.3, -0.25) is 9.59 Å². The Bertz CT molecular complexity index is 1280. The number of amides is 1. The molecule has 2 saturated carbocycles. The van der Waals surface area contributed by atoms with Gasteiger partial charge in [0.1, 0.15) is 22.9 Å². The highest BCUT2D eigenvalue weighted by Crippen LogP contribution is 2.29. The quantitative estimate of drug-likeness (QED) is 0.403. The van der Waals surface area contributed by atoms with Crippen molar-refractivity contribution in [2.75, 3.05) is 24.8 Å². The van der Waals surface area contributed by atoms with Crippen LogP contribution in [0.15, 0.2) is 35.4 Å². The molecule has 11 nitrogen and oxygen atoms in total. The molecule has 0 aliphatic heterocycles. The zero-order valence-corrected chi connectivity index (χ0v) is 19.9. The fourth-order valence-electron chi connectivity index (χ4n) is 4.85. The summed E-state index contributed by atoms with van der Waals surface area (Å²) in [6, 6.07) is 5.19. The van der Waals surface area contributed by atoms with Crippen LogP contribution in [-0.4, -0.2) is 62.6 Å². The van der Waals surface area contributed by atoms with Gasteiger partial charge in [0.2, 0.25) is 0 Å². The van der Waals surface area contributed by atoms with Crippen LogP contribution in [0.25, 0.3) is 5.65 Å². The van der Waals surface area contributed by atoms with Gasteiger partial charge < -0.3 is 30.4 Å². The Morgan fingerprint density at radius 3 is 2.66 bits per heavy atom. The number of aromatic nitrogens is 4. The van der Waals surface area contributed by atoms with Crippen molar-refractivity contribution in [1.82, 2.24) is 24.5 Å². The number of carbonyl (C=O) groups is 1. The van der Waals surface area contributed by atoms with Crippen LogP contribution in [0.4, 0.5) is 17.3 Å². The average Bonchev–Trinajstić information content (AvgIpc) is 3.31. The van der Waals surface area contributed by atoms with Crippen LogP contribution in [0, 0.1) is 0 Å². The zero-order valence-electron chi connectivity index (χ0n) is 19.9. The summed E-state index contributed by atoms with van der Waals surface area (Å²) in [5.74, 6) is 0.677. The van der Waals surface area contributed by atoms with Crippen LogP contribution in [0.2, 0.25) is 0 Å². The summed E-state index contributed by atoms with van der Waals surface area (Å²) < 4.78 is 8.78. The van der Waals surface area contributed by atoms with Gasteiger partial charge in [-0.05, 0) is 50.7 Å². The van der Waals surface area contributed by atoms with Gasteiger partial charge in [-0.2, -0.15) is 9.61 Å². The van der Waals surface area contributed by atoms with Crippen LogP contribution in [0.1, 0.15) is 54.9 Å². The molecule has 0 spiro atoms. The van der Waals surface area contributed by atoms with Gasteiger partial charge >= 0.3 is 0 Å². The van der Waals surface area contributed by atoms with Crippen LogP contribution < -0.4 is 21.5 Å². The second-order valence-electron chi connectivity index (χ2n) is 9.22. The molecular weight excluding hydrogens is 450 g/mol. The molecule has 186 valence electrons. The molecule has 3 aromatic heterocycles. The summed E-state index contributed by atoms with van der Waals surface area (Å²) in [6.07, 6.45) is 8.07. The van der Waals surface area contributed by atoms with E-state index in [0.29, 0.717) is 35.0 Å².